The van der Waals surface area contributed by atoms with Gasteiger partial charge in [-0.1, -0.05) is 54.6 Å². The van der Waals surface area contributed by atoms with Crippen LogP contribution in [0.25, 0.3) is 0 Å². The number of rotatable bonds is 14. The Bertz CT molecular complexity index is 1210. The number of nitrogens with one attached hydrogen (secondary N) is 9. The summed E-state index contributed by atoms with van der Waals surface area (Å²) in [4.78, 5) is 12.6. The van der Waals surface area contributed by atoms with Crippen LogP contribution in [0.3, 0.4) is 0 Å². The average molecular weight is 595 g/mol. The number of nitrogens with two attached hydrogens (primary N) is 1. The van der Waals surface area contributed by atoms with Crippen LogP contribution in [0, 0.1) is 16.2 Å². The minimum Gasteiger partial charge on any atom is -0.370 e. The van der Waals surface area contributed by atoms with E-state index in [-0.39, 0.29) is 34.7 Å². The minimum absolute atomic E-state index is 0.000167. The summed E-state index contributed by atoms with van der Waals surface area (Å²) < 4.78 is 0. The molecule has 0 amide bonds. The third kappa shape index (κ3) is 13.4. The molecule has 11 N–H and O–H groups in total. The molecule has 0 heterocycles. The summed E-state index contributed by atoms with van der Waals surface area (Å²) in [6, 6.07) is 16.8. The van der Waals surface area contributed by atoms with E-state index >= 15 is 0 Å². The van der Waals surface area contributed by atoms with E-state index in [0.717, 1.165) is 31.2 Å². The van der Waals surface area contributed by atoms with Gasteiger partial charge in [0, 0.05) is 41.8 Å². The van der Waals surface area contributed by atoms with Crippen LogP contribution in [0.4, 0.5) is 0 Å². The summed E-state index contributed by atoms with van der Waals surface area (Å²) in [5.41, 5.74) is 7.19. The van der Waals surface area contributed by atoms with Crippen molar-refractivity contribution in [3.8, 4) is 0 Å². The van der Waals surface area contributed by atoms with Gasteiger partial charge in [0.15, 0.2) is 28.8 Å². The lowest BCUT2D eigenvalue weighted by Gasteiger charge is -2.28. The molecule has 0 radical (unpaired) electrons. The molecule has 0 aliphatic rings. The largest absolute Gasteiger partial charge is 0.370 e. The van der Waals surface area contributed by atoms with Crippen LogP contribution in [0.5, 0.6) is 0 Å². The Morgan fingerprint density at radius 2 is 1.26 bits per heavy atom. The second-order valence-corrected chi connectivity index (χ2v) is 11.9. The average Bonchev–Trinajstić information content (AvgIpc) is 2.92. The molecule has 228 valence electrons. The van der Waals surface area contributed by atoms with Crippen molar-refractivity contribution in [1.29, 1.82) is 16.2 Å². The van der Waals surface area contributed by atoms with E-state index in [2.05, 4.69) is 45.7 Å². The Hall–Kier alpha value is -4.19. The number of thiocarbonyl (C=S) groups is 1. The highest BCUT2D eigenvalue weighted by atomic mass is 32.1. The van der Waals surface area contributed by atoms with Gasteiger partial charge < -0.3 is 32.3 Å². The molecule has 11 nitrogen and oxygen atoms in total. The van der Waals surface area contributed by atoms with E-state index in [9.17, 15) is 4.79 Å². The summed E-state index contributed by atoms with van der Waals surface area (Å²) in [6.45, 7) is 9.76. The summed E-state index contributed by atoms with van der Waals surface area (Å²) in [5, 5.41) is 42.0. The first-order chi connectivity index (χ1) is 19.8. The molecule has 2 aromatic carbocycles. The van der Waals surface area contributed by atoms with Crippen molar-refractivity contribution in [2.45, 2.75) is 71.0 Å². The Morgan fingerprint density at radius 1 is 0.762 bits per heavy atom. The second kappa shape index (κ2) is 16.3. The number of benzene rings is 2. The predicted molar refractivity (Wildman–Crippen MR) is 175 cm³/mol. The van der Waals surface area contributed by atoms with Crippen LogP contribution >= 0.6 is 12.2 Å². The van der Waals surface area contributed by atoms with Gasteiger partial charge in [-0.15, -0.1) is 0 Å². The number of hydrogen-bond donors (Lipinski definition) is 10. The van der Waals surface area contributed by atoms with Gasteiger partial charge in [-0.25, -0.2) is 0 Å². The smallest absolute Gasteiger partial charge is 0.195 e. The topological polar surface area (TPSA) is 187 Å². The van der Waals surface area contributed by atoms with Gasteiger partial charge >= 0.3 is 0 Å². The van der Waals surface area contributed by atoms with Crippen LogP contribution < -0.4 is 37.6 Å². The molecule has 42 heavy (non-hydrogen) atoms. The highest BCUT2D eigenvalue weighted by Crippen LogP contribution is 2.13. The van der Waals surface area contributed by atoms with E-state index < -0.39 is 0 Å². The van der Waals surface area contributed by atoms with Gasteiger partial charge in [-0.05, 0) is 71.2 Å². The molecule has 0 fully saturated rings. The van der Waals surface area contributed by atoms with Crippen molar-refractivity contribution in [3.05, 3.63) is 71.3 Å². The number of ketones is 1. The number of carbonyl (C=O) groups is 1. The molecular weight excluding hydrogens is 548 g/mol. The normalized spacial score (nSPS) is 11.1. The zero-order chi connectivity index (χ0) is 31.2. The van der Waals surface area contributed by atoms with Crippen molar-refractivity contribution in [3.63, 3.8) is 0 Å². The molecule has 0 aliphatic heterocycles. The van der Waals surface area contributed by atoms with Crippen molar-refractivity contribution in [2.24, 2.45) is 5.73 Å². The number of carbonyl (C=O) groups excluding carboxylic acids is 1. The van der Waals surface area contributed by atoms with Crippen molar-refractivity contribution in [2.75, 3.05) is 13.1 Å². The standard InChI is InChI=1S/C30H46N10OS/c1-29(2,39-25(31)32)16-8-18-35-26(33)38-27(34)36-19-9-17-30(3,4)40-28(42)37-20-21-12-14-23(15-13-21)24(41)22-10-6-5-7-11-22/h5-7,10-15H,8-9,16-20H2,1-4H3,(H4,31,32,39)(H2,37,40,42)(H5,33,34,35,36,38). The SMILES string of the molecule is CC(C)(CCCNC(=N)NC(=N)NCCCC(C)(C)NC(=S)NCc1ccc(C(=O)c2ccccc2)cc1)NC(=N)N. The van der Waals surface area contributed by atoms with Gasteiger partial charge in [0.05, 0.1) is 0 Å². The van der Waals surface area contributed by atoms with E-state index in [1.165, 1.54) is 0 Å². The highest BCUT2D eigenvalue weighted by molar-refractivity contribution is 7.80. The van der Waals surface area contributed by atoms with Crippen molar-refractivity contribution < 1.29 is 4.79 Å². The highest BCUT2D eigenvalue weighted by Gasteiger charge is 2.19. The van der Waals surface area contributed by atoms with Crippen LogP contribution in [0.1, 0.15) is 74.9 Å². The molecule has 0 aromatic heterocycles. The van der Waals surface area contributed by atoms with Crippen molar-refractivity contribution in [1.82, 2.24) is 31.9 Å². The summed E-state index contributed by atoms with van der Waals surface area (Å²) >= 11 is 5.50. The van der Waals surface area contributed by atoms with Gasteiger partial charge in [-0.3, -0.25) is 26.3 Å². The maximum Gasteiger partial charge on any atom is 0.195 e. The number of guanidine groups is 3. The molecule has 0 saturated carbocycles. The third-order valence-corrected chi connectivity index (χ3v) is 6.69. The van der Waals surface area contributed by atoms with Crippen LogP contribution in [0.2, 0.25) is 0 Å². The summed E-state index contributed by atoms with van der Waals surface area (Å²) in [5.74, 6) is 0.0591. The molecule has 2 rings (SSSR count). The fourth-order valence-corrected chi connectivity index (χ4v) is 4.60. The molecule has 0 atom stereocenters. The molecule has 0 bridgehead atoms. The molecule has 2 aromatic rings. The lowest BCUT2D eigenvalue weighted by molar-refractivity contribution is 0.103. The Kier molecular flexibility index (Phi) is 13.2. The number of hydrogen-bond acceptors (Lipinski definition) is 5. The molecule has 0 saturated heterocycles. The van der Waals surface area contributed by atoms with Gasteiger partial charge in [0.2, 0.25) is 0 Å². The zero-order valence-electron chi connectivity index (χ0n) is 25.0. The van der Waals surface area contributed by atoms with E-state index in [4.69, 9.17) is 34.2 Å². The Morgan fingerprint density at radius 3 is 1.79 bits per heavy atom. The van der Waals surface area contributed by atoms with Crippen molar-refractivity contribution >= 4 is 41.0 Å². The molecule has 0 unspecified atom stereocenters. The molecule has 0 spiro atoms. The summed E-state index contributed by atoms with van der Waals surface area (Å²) in [6.07, 6.45) is 3.16. The lowest BCUT2D eigenvalue weighted by atomic mass is 9.99. The van der Waals surface area contributed by atoms with Crippen LogP contribution in [-0.2, 0) is 6.54 Å². The van der Waals surface area contributed by atoms with E-state index in [0.29, 0.717) is 35.9 Å². The molecule has 0 aliphatic carbocycles. The fraction of sp³-hybridized carbons (Fsp3) is 0.433. The van der Waals surface area contributed by atoms with E-state index in [1.54, 1.807) is 0 Å². The summed E-state index contributed by atoms with van der Waals surface area (Å²) in [7, 11) is 0. The second-order valence-electron chi connectivity index (χ2n) is 11.4. The fourth-order valence-electron chi connectivity index (χ4n) is 4.25. The first kappa shape index (κ1) is 34.0. The van der Waals surface area contributed by atoms with Gasteiger partial charge in [0.1, 0.15) is 0 Å². The zero-order valence-corrected chi connectivity index (χ0v) is 25.9. The Labute approximate surface area is 254 Å². The van der Waals surface area contributed by atoms with Gasteiger partial charge in [-0.2, -0.15) is 0 Å². The minimum atomic E-state index is -0.294. The third-order valence-electron chi connectivity index (χ3n) is 6.44. The predicted octanol–water partition coefficient (Wildman–Crippen LogP) is 3.12. The molecular formula is C30H46N10OS. The Balaban J connectivity index is 1.61. The van der Waals surface area contributed by atoms with Crippen LogP contribution in [0.15, 0.2) is 54.6 Å². The van der Waals surface area contributed by atoms with Crippen LogP contribution in [-0.4, -0.2) is 52.9 Å². The van der Waals surface area contributed by atoms with Gasteiger partial charge in [0.25, 0.3) is 0 Å². The van der Waals surface area contributed by atoms with E-state index in [1.807, 2.05) is 68.4 Å². The quantitative estimate of drug-likeness (QED) is 0.0515. The monoisotopic (exact) mass is 594 g/mol. The first-order valence-electron chi connectivity index (χ1n) is 14.1. The maximum atomic E-state index is 12.6. The first-order valence-corrected chi connectivity index (χ1v) is 14.5. The molecule has 12 heteroatoms. The maximum absolute atomic E-state index is 12.6. The lowest BCUT2D eigenvalue weighted by Crippen LogP contribution is -2.49.